The fraction of sp³-hybridized carbons (Fsp3) is 0.462. The van der Waals surface area contributed by atoms with Crippen molar-refractivity contribution in [2.24, 2.45) is 0 Å². The molecule has 1 unspecified atom stereocenters. The average Bonchev–Trinajstić information content (AvgIpc) is 2.85. The third kappa shape index (κ3) is 3.44. The Hall–Kier alpha value is -1.83. The number of hydrogen-bond donors (Lipinski definition) is 0. The van der Waals surface area contributed by atoms with Crippen LogP contribution in [0.1, 0.15) is 16.1 Å². The number of halogens is 1. The molecular weight excluding hydrogens is 344 g/mol. The van der Waals surface area contributed by atoms with E-state index in [0.717, 1.165) is 0 Å². The van der Waals surface area contributed by atoms with E-state index >= 15 is 0 Å². The second-order valence-corrected chi connectivity index (χ2v) is 5.45. The largest absolute Gasteiger partial charge is 0.508 e. The number of hydrogen-bond acceptors (Lipinski definition) is 7. The molecule has 0 bridgehead atoms. The Morgan fingerprint density at radius 1 is 1.62 bits per heavy atom. The number of ether oxygens (including phenoxy) is 3. The van der Waals surface area contributed by atoms with Gasteiger partial charge in [-0.2, -0.15) is 0 Å². The van der Waals surface area contributed by atoms with Crippen LogP contribution in [-0.4, -0.2) is 50.5 Å². The number of aryl methyl sites for hydroxylation is 1. The number of cyclic esters (lactones) is 2. The maximum Gasteiger partial charge on any atom is 0.508 e. The minimum absolute atomic E-state index is 0.222. The van der Waals surface area contributed by atoms with Gasteiger partial charge in [-0.3, -0.25) is 0 Å². The van der Waals surface area contributed by atoms with Crippen LogP contribution in [-0.2, 0) is 14.2 Å². The molecule has 1 atom stereocenters. The van der Waals surface area contributed by atoms with E-state index in [4.69, 9.17) is 14.2 Å². The van der Waals surface area contributed by atoms with Crippen molar-refractivity contribution in [3.63, 3.8) is 0 Å². The molecule has 1 aliphatic rings. The molecule has 114 valence electrons. The molecule has 1 aromatic heterocycles. The Bertz CT molecular complexity index is 578. The van der Waals surface area contributed by atoms with Crippen LogP contribution in [0.5, 0.6) is 0 Å². The number of aromatic nitrogens is 1. The monoisotopic (exact) mass is 358 g/mol. The summed E-state index contributed by atoms with van der Waals surface area (Å²) in [6.07, 6.45) is -0.991. The van der Waals surface area contributed by atoms with Gasteiger partial charge in [-0.05, 0) is 28.9 Å². The molecule has 2 rings (SSSR count). The molecule has 21 heavy (non-hydrogen) atoms. The standard InChI is InChI=1S/C13H15BrN2O5/c1-7-9(12(17)19-3)4-10(14)11(15-7)16(2)5-8-6-20-13(18)21-8/h4,8H,5-6H2,1-3H3. The van der Waals surface area contributed by atoms with Crippen molar-refractivity contribution >= 4 is 33.9 Å². The van der Waals surface area contributed by atoms with Gasteiger partial charge in [-0.15, -0.1) is 0 Å². The molecule has 2 heterocycles. The summed E-state index contributed by atoms with van der Waals surface area (Å²) in [6, 6.07) is 1.66. The number of methoxy groups -OCH3 is 1. The smallest absolute Gasteiger partial charge is 0.465 e. The Morgan fingerprint density at radius 3 is 2.90 bits per heavy atom. The lowest BCUT2D eigenvalue weighted by atomic mass is 10.2. The van der Waals surface area contributed by atoms with E-state index in [-0.39, 0.29) is 12.7 Å². The number of rotatable bonds is 4. The maximum atomic E-state index is 11.6. The average molecular weight is 359 g/mol. The van der Waals surface area contributed by atoms with Crippen molar-refractivity contribution in [1.82, 2.24) is 4.98 Å². The predicted octanol–water partition coefficient (Wildman–Crippen LogP) is 1.91. The SMILES string of the molecule is COC(=O)c1cc(Br)c(N(C)CC2COC(=O)O2)nc1C. The topological polar surface area (TPSA) is 78.0 Å². The van der Waals surface area contributed by atoms with E-state index in [1.807, 2.05) is 11.9 Å². The maximum absolute atomic E-state index is 11.6. The summed E-state index contributed by atoms with van der Waals surface area (Å²) in [5.41, 5.74) is 0.962. The number of esters is 1. The first kappa shape index (κ1) is 15.6. The van der Waals surface area contributed by atoms with Crippen LogP contribution in [0, 0.1) is 6.92 Å². The molecule has 1 fully saturated rings. The van der Waals surface area contributed by atoms with Gasteiger partial charge in [-0.1, -0.05) is 0 Å². The van der Waals surface area contributed by atoms with Gasteiger partial charge in [-0.25, -0.2) is 14.6 Å². The van der Waals surface area contributed by atoms with Gasteiger partial charge in [0.2, 0.25) is 0 Å². The summed E-state index contributed by atoms with van der Waals surface area (Å²) in [5.74, 6) is 0.205. The lowest BCUT2D eigenvalue weighted by Crippen LogP contribution is -2.31. The highest BCUT2D eigenvalue weighted by Crippen LogP contribution is 2.27. The molecule has 0 amide bonds. The van der Waals surface area contributed by atoms with E-state index in [0.29, 0.717) is 28.1 Å². The van der Waals surface area contributed by atoms with Gasteiger partial charge >= 0.3 is 12.1 Å². The van der Waals surface area contributed by atoms with E-state index < -0.39 is 12.1 Å². The van der Waals surface area contributed by atoms with Crippen molar-refractivity contribution in [3.8, 4) is 0 Å². The van der Waals surface area contributed by atoms with Crippen LogP contribution in [0.3, 0.4) is 0 Å². The predicted molar refractivity (Wildman–Crippen MR) is 77.5 cm³/mol. The van der Waals surface area contributed by atoms with E-state index in [1.54, 1.807) is 13.0 Å². The Labute approximate surface area is 130 Å². The lowest BCUT2D eigenvalue weighted by Gasteiger charge is -2.22. The Balaban J connectivity index is 2.17. The number of likely N-dealkylation sites (N-methyl/N-ethyl adjacent to an activating group) is 1. The lowest BCUT2D eigenvalue weighted by molar-refractivity contribution is 0.0599. The van der Waals surface area contributed by atoms with Gasteiger partial charge in [0.05, 0.1) is 29.4 Å². The van der Waals surface area contributed by atoms with Gasteiger partial charge in [0, 0.05) is 7.05 Å². The van der Waals surface area contributed by atoms with E-state index in [1.165, 1.54) is 7.11 Å². The van der Waals surface area contributed by atoms with Gasteiger partial charge in [0.15, 0.2) is 6.10 Å². The third-order valence-corrected chi connectivity index (χ3v) is 3.63. The molecule has 0 spiro atoms. The summed E-state index contributed by atoms with van der Waals surface area (Å²) in [5, 5.41) is 0. The minimum atomic E-state index is -0.655. The molecule has 0 aromatic carbocycles. The minimum Gasteiger partial charge on any atom is -0.465 e. The van der Waals surface area contributed by atoms with Crippen LogP contribution in [0.15, 0.2) is 10.5 Å². The zero-order valence-electron chi connectivity index (χ0n) is 11.9. The molecule has 1 aliphatic heterocycles. The Morgan fingerprint density at radius 2 is 2.33 bits per heavy atom. The summed E-state index contributed by atoms with van der Waals surface area (Å²) >= 11 is 3.39. The molecule has 7 nitrogen and oxygen atoms in total. The van der Waals surface area contributed by atoms with Gasteiger partial charge in [0.25, 0.3) is 0 Å². The molecular formula is C13H15BrN2O5. The first-order valence-electron chi connectivity index (χ1n) is 6.22. The Kier molecular flexibility index (Phi) is 4.66. The van der Waals surface area contributed by atoms with Gasteiger partial charge < -0.3 is 19.1 Å². The summed E-state index contributed by atoms with van der Waals surface area (Å²) < 4.78 is 15.1. The molecule has 0 aliphatic carbocycles. The fourth-order valence-electron chi connectivity index (χ4n) is 2.00. The van der Waals surface area contributed by atoms with Crippen LogP contribution in [0.4, 0.5) is 10.6 Å². The van der Waals surface area contributed by atoms with Crippen LogP contribution in [0.25, 0.3) is 0 Å². The van der Waals surface area contributed by atoms with Crippen LogP contribution < -0.4 is 4.90 Å². The van der Waals surface area contributed by atoms with Gasteiger partial charge in [0.1, 0.15) is 12.4 Å². The number of nitrogens with zero attached hydrogens (tertiary/aromatic N) is 2. The third-order valence-electron chi connectivity index (χ3n) is 3.04. The molecule has 0 saturated carbocycles. The highest BCUT2D eigenvalue weighted by Gasteiger charge is 2.27. The van der Waals surface area contributed by atoms with Crippen molar-refractivity contribution < 1.29 is 23.8 Å². The van der Waals surface area contributed by atoms with Crippen molar-refractivity contribution in [2.75, 3.05) is 32.2 Å². The summed E-state index contributed by atoms with van der Waals surface area (Å²) in [6.45, 7) is 2.39. The summed E-state index contributed by atoms with van der Waals surface area (Å²) in [7, 11) is 3.14. The first-order valence-corrected chi connectivity index (χ1v) is 7.01. The molecule has 1 aromatic rings. The second-order valence-electron chi connectivity index (χ2n) is 4.60. The zero-order valence-corrected chi connectivity index (χ0v) is 13.5. The number of carbonyl (C=O) groups is 2. The molecule has 0 radical (unpaired) electrons. The van der Waals surface area contributed by atoms with E-state index in [9.17, 15) is 9.59 Å². The highest BCUT2D eigenvalue weighted by molar-refractivity contribution is 9.10. The van der Waals surface area contributed by atoms with Crippen LogP contribution in [0.2, 0.25) is 0 Å². The van der Waals surface area contributed by atoms with Crippen LogP contribution >= 0.6 is 15.9 Å². The quantitative estimate of drug-likeness (QED) is 0.760. The summed E-state index contributed by atoms with van der Waals surface area (Å²) in [4.78, 5) is 28.7. The number of carbonyl (C=O) groups excluding carboxylic acids is 2. The normalized spacial score (nSPS) is 17.1. The second kappa shape index (κ2) is 6.30. The molecule has 0 N–H and O–H groups in total. The molecule has 1 saturated heterocycles. The highest BCUT2D eigenvalue weighted by atomic mass is 79.9. The number of anilines is 1. The van der Waals surface area contributed by atoms with E-state index in [2.05, 4.69) is 20.9 Å². The number of pyridine rings is 1. The fourth-order valence-corrected chi connectivity index (χ4v) is 2.62. The molecule has 8 heteroatoms. The first-order chi connectivity index (χ1) is 9.92. The van der Waals surface area contributed by atoms with Crippen molar-refractivity contribution in [1.29, 1.82) is 0 Å². The van der Waals surface area contributed by atoms with Crippen molar-refractivity contribution in [3.05, 3.63) is 21.8 Å². The van der Waals surface area contributed by atoms with Crippen molar-refractivity contribution in [2.45, 2.75) is 13.0 Å². The zero-order chi connectivity index (χ0) is 15.6.